The molecule has 0 bridgehead atoms. The summed E-state index contributed by atoms with van der Waals surface area (Å²) in [4.78, 5) is 27.9. The fourth-order valence-electron chi connectivity index (χ4n) is 3.00. The number of hydrogen-bond acceptors (Lipinski definition) is 3. The number of benzene rings is 1. The van der Waals surface area contributed by atoms with Crippen molar-refractivity contribution < 1.29 is 18.7 Å². The van der Waals surface area contributed by atoms with E-state index in [1.54, 1.807) is 21.9 Å². The molecule has 3 rings (SSSR count). The minimum Gasteiger partial charge on any atom is -0.368 e. The lowest BCUT2D eigenvalue weighted by molar-refractivity contribution is -0.142. The van der Waals surface area contributed by atoms with Gasteiger partial charge in [-0.05, 0) is 30.5 Å². The van der Waals surface area contributed by atoms with Crippen LogP contribution in [0.3, 0.4) is 0 Å². The van der Waals surface area contributed by atoms with E-state index < -0.39 is 0 Å². The molecule has 130 valence electrons. The second-order valence-corrected chi connectivity index (χ2v) is 6.10. The number of hydrogen-bond donors (Lipinski definition) is 1. The van der Waals surface area contributed by atoms with E-state index in [9.17, 15) is 14.0 Å². The van der Waals surface area contributed by atoms with E-state index in [-0.39, 0.29) is 23.9 Å². The van der Waals surface area contributed by atoms with Crippen LogP contribution in [0.5, 0.6) is 0 Å². The van der Waals surface area contributed by atoms with Gasteiger partial charge in [0.2, 0.25) is 0 Å². The Hall–Kier alpha value is -2.15. The molecule has 0 aromatic heterocycles. The van der Waals surface area contributed by atoms with Gasteiger partial charge in [-0.15, -0.1) is 0 Å². The number of piperazine rings is 1. The molecule has 0 saturated carbocycles. The third kappa shape index (κ3) is 4.03. The highest BCUT2D eigenvalue weighted by atomic mass is 19.1. The van der Waals surface area contributed by atoms with Gasteiger partial charge in [-0.2, -0.15) is 0 Å². The Labute approximate surface area is 140 Å². The first kappa shape index (κ1) is 16.7. The van der Waals surface area contributed by atoms with Gasteiger partial charge in [0.25, 0.3) is 5.91 Å². The summed E-state index contributed by atoms with van der Waals surface area (Å²) in [5, 5.41) is 2.82. The molecule has 2 aliphatic rings. The average Bonchev–Trinajstić information content (AvgIpc) is 3.15. The van der Waals surface area contributed by atoms with Gasteiger partial charge in [0.15, 0.2) is 0 Å². The van der Waals surface area contributed by atoms with Gasteiger partial charge in [0.1, 0.15) is 11.9 Å². The zero-order valence-corrected chi connectivity index (χ0v) is 13.5. The molecule has 1 aromatic rings. The number of carbonyl (C=O) groups excluding carboxylic acids is 2. The van der Waals surface area contributed by atoms with E-state index in [0.717, 1.165) is 18.4 Å². The summed E-state index contributed by atoms with van der Waals surface area (Å²) in [6.07, 6.45) is 1.42. The quantitative estimate of drug-likeness (QED) is 0.907. The van der Waals surface area contributed by atoms with Crippen LogP contribution in [0.1, 0.15) is 18.4 Å². The zero-order valence-electron chi connectivity index (χ0n) is 13.5. The number of urea groups is 1. The van der Waals surface area contributed by atoms with Crippen molar-refractivity contribution in [2.45, 2.75) is 25.5 Å². The molecule has 24 heavy (non-hydrogen) atoms. The highest BCUT2D eigenvalue weighted by Gasteiger charge is 2.31. The SMILES string of the molecule is O=C(NCc1ccc(F)cc1)N1CCN(C(=O)C2CCCO2)CC1. The number of nitrogens with zero attached hydrogens (tertiary/aromatic N) is 2. The van der Waals surface area contributed by atoms with Crippen molar-refractivity contribution in [2.24, 2.45) is 0 Å². The van der Waals surface area contributed by atoms with Crippen LogP contribution in [0.2, 0.25) is 0 Å². The predicted octanol–water partition coefficient (Wildman–Crippen LogP) is 1.36. The fourth-order valence-corrected chi connectivity index (χ4v) is 3.00. The topological polar surface area (TPSA) is 61.9 Å². The van der Waals surface area contributed by atoms with E-state index in [0.29, 0.717) is 39.3 Å². The van der Waals surface area contributed by atoms with Gasteiger partial charge in [0, 0.05) is 39.3 Å². The second-order valence-electron chi connectivity index (χ2n) is 6.10. The second kappa shape index (κ2) is 7.61. The maximum Gasteiger partial charge on any atom is 0.317 e. The Morgan fingerprint density at radius 1 is 1.12 bits per heavy atom. The normalized spacial score (nSPS) is 21.0. The van der Waals surface area contributed by atoms with Crippen molar-refractivity contribution >= 4 is 11.9 Å². The Balaban J connectivity index is 1.43. The molecule has 0 aliphatic carbocycles. The van der Waals surface area contributed by atoms with E-state index in [1.165, 1.54) is 12.1 Å². The third-order valence-corrected chi connectivity index (χ3v) is 4.44. The monoisotopic (exact) mass is 335 g/mol. The Kier molecular flexibility index (Phi) is 5.30. The van der Waals surface area contributed by atoms with Crippen molar-refractivity contribution in [3.05, 3.63) is 35.6 Å². The fraction of sp³-hybridized carbons (Fsp3) is 0.529. The molecule has 1 aromatic carbocycles. The molecule has 3 amide bonds. The van der Waals surface area contributed by atoms with Gasteiger partial charge in [-0.3, -0.25) is 4.79 Å². The first-order chi connectivity index (χ1) is 11.6. The largest absolute Gasteiger partial charge is 0.368 e. The molecule has 2 aliphatic heterocycles. The lowest BCUT2D eigenvalue weighted by Crippen LogP contribution is -2.54. The summed E-state index contributed by atoms with van der Waals surface area (Å²) in [5.41, 5.74) is 0.844. The summed E-state index contributed by atoms with van der Waals surface area (Å²) in [7, 11) is 0. The van der Waals surface area contributed by atoms with Crippen LogP contribution in [0, 0.1) is 5.82 Å². The summed E-state index contributed by atoms with van der Waals surface area (Å²) < 4.78 is 18.3. The summed E-state index contributed by atoms with van der Waals surface area (Å²) in [6.45, 7) is 3.09. The van der Waals surface area contributed by atoms with Gasteiger partial charge in [0.05, 0.1) is 0 Å². The number of halogens is 1. The molecule has 1 atom stereocenters. The molecule has 2 heterocycles. The number of amides is 3. The van der Waals surface area contributed by atoms with Crippen LogP contribution in [0.15, 0.2) is 24.3 Å². The number of carbonyl (C=O) groups is 2. The van der Waals surface area contributed by atoms with Gasteiger partial charge < -0.3 is 19.9 Å². The predicted molar refractivity (Wildman–Crippen MR) is 85.8 cm³/mol. The van der Waals surface area contributed by atoms with Crippen LogP contribution in [-0.4, -0.2) is 60.6 Å². The molecule has 0 spiro atoms. The van der Waals surface area contributed by atoms with E-state index in [1.807, 2.05) is 0 Å². The van der Waals surface area contributed by atoms with Gasteiger partial charge in [-0.1, -0.05) is 12.1 Å². The summed E-state index contributed by atoms with van der Waals surface area (Å²) in [6, 6.07) is 5.87. The Morgan fingerprint density at radius 3 is 2.42 bits per heavy atom. The molecule has 6 nitrogen and oxygen atoms in total. The zero-order chi connectivity index (χ0) is 16.9. The lowest BCUT2D eigenvalue weighted by Gasteiger charge is -2.35. The smallest absolute Gasteiger partial charge is 0.317 e. The molecule has 1 unspecified atom stereocenters. The van der Waals surface area contributed by atoms with Crippen LogP contribution < -0.4 is 5.32 Å². The van der Waals surface area contributed by atoms with Crippen LogP contribution in [-0.2, 0) is 16.1 Å². The molecule has 1 N–H and O–H groups in total. The molecule has 7 heteroatoms. The highest BCUT2D eigenvalue weighted by molar-refractivity contribution is 5.81. The van der Waals surface area contributed by atoms with Crippen molar-refractivity contribution in [1.29, 1.82) is 0 Å². The standard InChI is InChI=1S/C17H22FN3O3/c18-14-5-3-13(4-6-14)12-19-17(23)21-9-7-20(8-10-21)16(22)15-2-1-11-24-15/h3-6,15H,1-2,7-12H2,(H,19,23). The molecule has 2 saturated heterocycles. The molecule has 2 fully saturated rings. The van der Waals surface area contributed by atoms with Crippen molar-refractivity contribution in [1.82, 2.24) is 15.1 Å². The third-order valence-electron chi connectivity index (χ3n) is 4.44. The Bertz CT molecular complexity index is 579. The van der Waals surface area contributed by atoms with Gasteiger partial charge >= 0.3 is 6.03 Å². The van der Waals surface area contributed by atoms with Crippen molar-refractivity contribution in [3.8, 4) is 0 Å². The summed E-state index contributed by atoms with van der Waals surface area (Å²) >= 11 is 0. The maximum atomic E-state index is 12.9. The first-order valence-electron chi connectivity index (χ1n) is 8.31. The van der Waals surface area contributed by atoms with Crippen molar-refractivity contribution in [3.63, 3.8) is 0 Å². The molecular formula is C17H22FN3O3. The highest BCUT2D eigenvalue weighted by Crippen LogP contribution is 2.16. The molecule has 0 radical (unpaired) electrons. The van der Waals surface area contributed by atoms with Crippen molar-refractivity contribution in [2.75, 3.05) is 32.8 Å². The number of ether oxygens (including phenoxy) is 1. The van der Waals surface area contributed by atoms with Crippen LogP contribution >= 0.6 is 0 Å². The lowest BCUT2D eigenvalue weighted by atomic mass is 10.2. The van der Waals surface area contributed by atoms with E-state index in [4.69, 9.17) is 4.74 Å². The summed E-state index contributed by atoms with van der Waals surface area (Å²) in [5.74, 6) is -0.254. The maximum absolute atomic E-state index is 12.9. The van der Waals surface area contributed by atoms with E-state index >= 15 is 0 Å². The number of nitrogens with one attached hydrogen (secondary N) is 1. The van der Waals surface area contributed by atoms with Gasteiger partial charge in [-0.25, -0.2) is 9.18 Å². The average molecular weight is 335 g/mol. The Morgan fingerprint density at radius 2 is 1.79 bits per heavy atom. The molecular weight excluding hydrogens is 313 g/mol. The van der Waals surface area contributed by atoms with E-state index in [2.05, 4.69) is 5.32 Å². The first-order valence-corrected chi connectivity index (χ1v) is 8.31. The minimum absolute atomic E-state index is 0.0406. The number of rotatable bonds is 3. The minimum atomic E-state index is -0.302. The van der Waals surface area contributed by atoms with Crippen LogP contribution in [0.25, 0.3) is 0 Å². The van der Waals surface area contributed by atoms with Crippen LogP contribution in [0.4, 0.5) is 9.18 Å².